The molecule has 0 aromatic rings. The predicted octanol–water partition coefficient (Wildman–Crippen LogP) is 0.814. The zero-order valence-electron chi connectivity index (χ0n) is 17.2. The van der Waals surface area contributed by atoms with Crippen molar-refractivity contribution in [3.8, 4) is 0 Å². The molecular formula is C19H37N5O3. The van der Waals surface area contributed by atoms with Crippen molar-refractivity contribution < 1.29 is 14.3 Å². The van der Waals surface area contributed by atoms with Crippen LogP contribution in [-0.4, -0.2) is 80.6 Å². The average molecular weight is 384 g/mol. The van der Waals surface area contributed by atoms with Crippen LogP contribution < -0.4 is 11.1 Å². The highest BCUT2D eigenvalue weighted by Gasteiger charge is 2.23. The number of guanidine groups is 1. The summed E-state index contributed by atoms with van der Waals surface area (Å²) >= 11 is 0. The van der Waals surface area contributed by atoms with Gasteiger partial charge in [0.1, 0.15) is 0 Å². The van der Waals surface area contributed by atoms with Crippen LogP contribution in [0.25, 0.3) is 0 Å². The van der Waals surface area contributed by atoms with E-state index in [-0.39, 0.29) is 11.8 Å². The SMILES string of the molecule is COCCNC(N)=NCCCCCC(=O)N1CCN(C(=O)CC(C)C)CC1. The molecule has 3 N–H and O–H groups in total. The van der Waals surface area contributed by atoms with Crippen molar-refractivity contribution in [1.29, 1.82) is 0 Å². The number of nitrogens with zero attached hydrogens (tertiary/aromatic N) is 3. The lowest BCUT2D eigenvalue weighted by molar-refractivity contribution is -0.140. The van der Waals surface area contributed by atoms with E-state index in [2.05, 4.69) is 24.2 Å². The summed E-state index contributed by atoms with van der Waals surface area (Å²) in [5, 5.41) is 2.97. The standard InChI is InChI=1S/C19H37N5O3/c1-16(2)15-18(26)24-12-10-23(11-13-24)17(25)7-5-4-6-8-21-19(20)22-9-14-27-3/h16H,4-15H2,1-3H3,(H3,20,21,22). The molecule has 0 saturated carbocycles. The van der Waals surface area contributed by atoms with Crippen LogP contribution in [-0.2, 0) is 14.3 Å². The molecule has 1 aliphatic rings. The quantitative estimate of drug-likeness (QED) is 0.312. The van der Waals surface area contributed by atoms with Crippen molar-refractivity contribution in [2.24, 2.45) is 16.6 Å². The van der Waals surface area contributed by atoms with E-state index in [0.29, 0.717) is 70.6 Å². The molecule has 156 valence electrons. The average Bonchev–Trinajstić information content (AvgIpc) is 2.64. The Morgan fingerprint density at radius 3 is 2.30 bits per heavy atom. The van der Waals surface area contributed by atoms with Crippen LogP contribution in [0.5, 0.6) is 0 Å². The van der Waals surface area contributed by atoms with Gasteiger partial charge in [0, 0.05) is 59.2 Å². The molecule has 0 aromatic heterocycles. The number of carbonyl (C=O) groups excluding carboxylic acids is 2. The van der Waals surface area contributed by atoms with Crippen LogP contribution >= 0.6 is 0 Å². The Bertz CT molecular complexity index is 474. The monoisotopic (exact) mass is 383 g/mol. The number of aliphatic imine (C=N–C) groups is 1. The van der Waals surface area contributed by atoms with Crippen LogP contribution in [0, 0.1) is 5.92 Å². The number of nitrogens with two attached hydrogens (primary N) is 1. The van der Waals surface area contributed by atoms with E-state index in [4.69, 9.17) is 10.5 Å². The highest BCUT2D eigenvalue weighted by atomic mass is 16.5. The number of rotatable bonds is 11. The van der Waals surface area contributed by atoms with Gasteiger partial charge in [0.25, 0.3) is 0 Å². The third kappa shape index (κ3) is 10.2. The summed E-state index contributed by atoms with van der Waals surface area (Å²) in [4.78, 5) is 32.4. The van der Waals surface area contributed by atoms with Crippen molar-refractivity contribution >= 4 is 17.8 Å². The number of ether oxygens (including phenoxy) is 1. The second kappa shape index (κ2) is 13.4. The number of methoxy groups -OCH3 is 1. The van der Waals surface area contributed by atoms with E-state index in [9.17, 15) is 9.59 Å². The van der Waals surface area contributed by atoms with Gasteiger partial charge in [-0.25, -0.2) is 0 Å². The van der Waals surface area contributed by atoms with Crippen LogP contribution in [0.3, 0.4) is 0 Å². The summed E-state index contributed by atoms with van der Waals surface area (Å²) in [6, 6.07) is 0. The molecule has 0 spiro atoms. The Morgan fingerprint density at radius 1 is 1.07 bits per heavy atom. The molecule has 0 bridgehead atoms. The molecule has 0 atom stereocenters. The van der Waals surface area contributed by atoms with E-state index in [1.165, 1.54) is 0 Å². The molecule has 1 rings (SSSR count). The first-order valence-corrected chi connectivity index (χ1v) is 10.0. The Kier molecular flexibility index (Phi) is 11.5. The number of nitrogens with one attached hydrogen (secondary N) is 1. The van der Waals surface area contributed by atoms with Gasteiger partial charge in [-0.05, 0) is 18.8 Å². The van der Waals surface area contributed by atoms with Gasteiger partial charge in [-0.1, -0.05) is 20.3 Å². The molecule has 1 heterocycles. The highest BCUT2D eigenvalue weighted by molar-refractivity contribution is 5.78. The fourth-order valence-electron chi connectivity index (χ4n) is 2.94. The first-order chi connectivity index (χ1) is 12.9. The van der Waals surface area contributed by atoms with Crippen LogP contribution in [0.15, 0.2) is 4.99 Å². The van der Waals surface area contributed by atoms with Gasteiger partial charge >= 0.3 is 0 Å². The first kappa shape index (κ1) is 23.2. The molecular weight excluding hydrogens is 346 g/mol. The summed E-state index contributed by atoms with van der Waals surface area (Å²) in [7, 11) is 1.64. The second-order valence-corrected chi connectivity index (χ2v) is 7.36. The topological polar surface area (TPSA) is 100 Å². The summed E-state index contributed by atoms with van der Waals surface area (Å²) in [6.45, 7) is 8.62. The number of unbranched alkanes of at least 4 members (excludes halogenated alkanes) is 2. The Labute approximate surface area is 163 Å². The zero-order chi connectivity index (χ0) is 20.1. The largest absolute Gasteiger partial charge is 0.383 e. The lowest BCUT2D eigenvalue weighted by Crippen LogP contribution is -2.50. The lowest BCUT2D eigenvalue weighted by Gasteiger charge is -2.35. The molecule has 2 amide bonds. The Hall–Kier alpha value is -1.83. The lowest BCUT2D eigenvalue weighted by atomic mass is 10.1. The molecule has 0 aliphatic carbocycles. The molecule has 0 radical (unpaired) electrons. The van der Waals surface area contributed by atoms with Gasteiger partial charge < -0.3 is 25.6 Å². The second-order valence-electron chi connectivity index (χ2n) is 7.36. The van der Waals surface area contributed by atoms with Crippen molar-refractivity contribution in [3.63, 3.8) is 0 Å². The fraction of sp³-hybridized carbons (Fsp3) is 0.842. The number of hydrogen-bond donors (Lipinski definition) is 2. The Balaban J connectivity index is 2.11. The van der Waals surface area contributed by atoms with E-state index in [1.54, 1.807) is 7.11 Å². The maximum absolute atomic E-state index is 12.3. The van der Waals surface area contributed by atoms with Crippen molar-refractivity contribution in [2.75, 3.05) is 53.0 Å². The van der Waals surface area contributed by atoms with Gasteiger partial charge in [-0.2, -0.15) is 0 Å². The first-order valence-electron chi connectivity index (χ1n) is 10.0. The van der Waals surface area contributed by atoms with Crippen LogP contribution in [0.2, 0.25) is 0 Å². The normalized spacial score (nSPS) is 15.3. The minimum Gasteiger partial charge on any atom is -0.383 e. The molecule has 0 unspecified atom stereocenters. The number of amides is 2. The number of hydrogen-bond acceptors (Lipinski definition) is 4. The Morgan fingerprint density at radius 2 is 1.70 bits per heavy atom. The van der Waals surface area contributed by atoms with Gasteiger partial charge in [0.2, 0.25) is 11.8 Å². The van der Waals surface area contributed by atoms with E-state index in [1.807, 2.05) is 9.80 Å². The van der Waals surface area contributed by atoms with E-state index < -0.39 is 0 Å². The van der Waals surface area contributed by atoms with Gasteiger partial charge in [-0.3, -0.25) is 14.6 Å². The summed E-state index contributed by atoms with van der Waals surface area (Å²) in [5.41, 5.74) is 5.73. The van der Waals surface area contributed by atoms with Crippen molar-refractivity contribution in [2.45, 2.75) is 46.0 Å². The molecule has 8 nitrogen and oxygen atoms in total. The van der Waals surface area contributed by atoms with Crippen LogP contribution in [0.4, 0.5) is 0 Å². The number of carbonyl (C=O) groups is 2. The van der Waals surface area contributed by atoms with Gasteiger partial charge in [0.05, 0.1) is 6.61 Å². The van der Waals surface area contributed by atoms with Gasteiger partial charge in [0.15, 0.2) is 5.96 Å². The summed E-state index contributed by atoms with van der Waals surface area (Å²) < 4.78 is 4.93. The van der Waals surface area contributed by atoms with Gasteiger partial charge in [-0.15, -0.1) is 0 Å². The molecule has 1 fully saturated rings. The van der Waals surface area contributed by atoms with E-state index >= 15 is 0 Å². The maximum Gasteiger partial charge on any atom is 0.222 e. The van der Waals surface area contributed by atoms with Crippen molar-refractivity contribution in [1.82, 2.24) is 15.1 Å². The molecule has 0 aromatic carbocycles. The summed E-state index contributed by atoms with van der Waals surface area (Å²) in [6.07, 6.45) is 3.87. The molecule has 1 aliphatic heterocycles. The smallest absolute Gasteiger partial charge is 0.222 e. The fourth-order valence-corrected chi connectivity index (χ4v) is 2.94. The van der Waals surface area contributed by atoms with Crippen LogP contribution in [0.1, 0.15) is 46.0 Å². The predicted molar refractivity (Wildman–Crippen MR) is 107 cm³/mol. The molecule has 27 heavy (non-hydrogen) atoms. The zero-order valence-corrected chi connectivity index (χ0v) is 17.2. The third-order valence-corrected chi connectivity index (χ3v) is 4.51. The minimum atomic E-state index is 0.190. The maximum atomic E-state index is 12.3. The highest BCUT2D eigenvalue weighted by Crippen LogP contribution is 2.10. The molecule has 8 heteroatoms. The summed E-state index contributed by atoms with van der Waals surface area (Å²) in [5.74, 6) is 1.20. The number of piperazine rings is 1. The van der Waals surface area contributed by atoms with E-state index in [0.717, 1.165) is 19.3 Å². The minimum absolute atomic E-state index is 0.190. The molecule has 1 saturated heterocycles. The van der Waals surface area contributed by atoms with Crippen molar-refractivity contribution in [3.05, 3.63) is 0 Å². The third-order valence-electron chi connectivity index (χ3n) is 4.51.